The molecule has 1 amide bonds. The summed E-state index contributed by atoms with van der Waals surface area (Å²) in [7, 11) is 3.29. The molecule has 15 heavy (non-hydrogen) atoms. The summed E-state index contributed by atoms with van der Waals surface area (Å²) in [6.07, 6.45) is 0. The molecule has 0 atom stereocenters. The fourth-order valence-corrected chi connectivity index (χ4v) is 1.40. The number of para-hydroxylation sites is 1. The Morgan fingerprint density at radius 3 is 2.60 bits per heavy atom. The topological polar surface area (TPSA) is 86.9 Å². The third-order valence-electron chi connectivity index (χ3n) is 1.99. The zero-order chi connectivity index (χ0) is 11.4. The number of aromatic nitrogens is 2. The SMILES string of the molecule is CN.Cn1nc(C(N)=O)c2ccccc21.[HH]. The average Bonchev–Trinajstić information content (AvgIpc) is 2.60. The fourth-order valence-electron chi connectivity index (χ4n) is 1.40. The molecule has 1 heterocycles. The first-order valence-corrected chi connectivity index (χ1v) is 4.49. The maximum Gasteiger partial charge on any atom is 0.269 e. The highest BCUT2D eigenvalue weighted by Gasteiger charge is 2.11. The molecule has 5 nitrogen and oxygen atoms in total. The molecule has 0 fully saturated rings. The Kier molecular flexibility index (Phi) is 3.41. The number of fused-ring (bicyclic) bond motifs is 1. The summed E-state index contributed by atoms with van der Waals surface area (Å²) in [5.74, 6) is -0.489. The number of benzene rings is 1. The van der Waals surface area contributed by atoms with Crippen molar-refractivity contribution < 1.29 is 6.22 Å². The van der Waals surface area contributed by atoms with Crippen LogP contribution in [0, 0.1) is 0 Å². The molecule has 2 aromatic rings. The quantitative estimate of drug-likeness (QED) is 0.715. The van der Waals surface area contributed by atoms with Crippen LogP contribution in [0.1, 0.15) is 11.9 Å². The van der Waals surface area contributed by atoms with Crippen LogP contribution in [0.2, 0.25) is 0 Å². The second-order valence-electron chi connectivity index (χ2n) is 2.85. The Bertz CT molecular complexity index is 481. The van der Waals surface area contributed by atoms with Crippen molar-refractivity contribution in [2.24, 2.45) is 18.5 Å². The predicted octanol–water partition coefficient (Wildman–Crippen LogP) is 0.493. The van der Waals surface area contributed by atoms with Crippen LogP contribution in [0.15, 0.2) is 24.3 Å². The van der Waals surface area contributed by atoms with Gasteiger partial charge in [0.05, 0.1) is 5.52 Å². The van der Waals surface area contributed by atoms with E-state index in [4.69, 9.17) is 5.73 Å². The Labute approximate surface area is 89.1 Å². The lowest BCUT2D eigenvalue weighted by Crippen LogP contribution is -2.12. The summed E-state index contributed by atoms with van der Waals surface area (Å²) in [4.78, 5) is 11.0. The Morgan fingerprint density at radius 1 is 1.40 bits per heavy atom. The normalized spacial score (nSPS) is 9.53. The lowest BCUT2D eigenvalue weighted by atomic mass is 10.2. The van der Waals surface area contributed by atoms with Gasteiger partial charge in [-0.1, -0.05) is 18.2 Å². The van der Waals surface area contributed by atoms with E-state index in [0.717, 1.165) is 10.9 Å². The predicted molar refractivity (Wildman–Crippen MR) is 61.5 cm³/mol. The van der Waals surface area contributed by atoms with Crippen LogP contribution in [0.4, 0.5) is 0 Å². The third kappa shape index (κ3) is 1.97. The molecule has 0 aliphatic carbocycles. The van der Waals surface area contributed by atoms with E-state index in [1.54, 1.807) is 11.7 Å². The van der Waals surface area contributed by atoms with Crippen molar-refractivity contribution >= 4 is 16.8 Å². The van der Waals surface area contributed by atoms with Gasteiger partial charge in [-0.2, -0.15) is 5.10 Å². The van der Waals surface area contributed by atoms with Crippen molar-refractivity contribution in [1.29, 1.82) is 0 Å². The number of amides is 1. The molecule has 1 aromatic carbocycles. The molecular formula is C10H16N4O. The largest absolute Gasteiger partial charge is 0.364 e. The first kappa shape index (κ1) is 11.2. The lowest BCUT2D eigenvalue weighted by Gasteiger charge is -1.90. The minimum atomic E-state index is -0.489. The van der Waals surface area contributed by atoms with Crippen LogP contribution in [-0.4, -0.2) is 22.7 Å². The van der Waals surface area contributed by atoms with Gasteiger partial charge in [0.1, 0.15) is 0 Å². The van der Waals surface area contributed by atoms with Crippen molar-refractivity contribution in [3.63, 3.8) is 0 Å². The lowest BCUT2D eigenvalue weighted by molar-refractivity contribution is 0.0996. The third-order valence-corrected chi connectivity index (χ3v) is 1.99. The molecule has 4 N–H and O–H groups in total. The van der Waals surface area contributed by atoms with Gasteiger partial charge in [0.15, 0.2) is 5.69 Å². The van der Waals surface area contributed by atoms with Crippen LogP contribution in [-0.2, 0) is 7.05 Å². The average molecular weight is 208 g/mol. The number of aryl methyl sites for hydroxylation is 1. The summed E-state index contributed by atoms with van der Waals surface area (Å²) in [5.41, 5.74) is 10.9. The molecule has 0 spiro atoms. The van der Waals surface area contributed by atoms with Crippen LogP contribution in [0.5, 0.6) is 0 Å². The number of nitrogens with two attached hydrogens (primary N) is 2. The Hall–Kier alpha value is -1.88. The number of primary amides is 1. The minimum absolute atomic E-state index is 0. The minimum Gasteiger partial charge on any atom is -0.364 e. The highest BCUT2D eigenvalue weighted by Crippen LogP contribution is 2.16. The summed E-state index contributed by atoms with van der Waals surface area (Å²) in [5, 5.41) is 4.83. The van der Waals surface area contributed by atoms with Crippen molar-refractivity contribution in [3.8, 4) is 0 Å². The van der Waals surface area contributed by atoms with E-state index >= 15 is 0 Å². The van der Waals surface area contributed by atoms with E-state index in [1.807, 2.05) is 24.3 Å². The molecule has 1 aromatic heterocycles. The molecule has 0 saturated carbocycles. The number of hydrogen-bond donors (Lipinski definition) is 2. The maximum absolute atomic E-state index is 11.0. The zero-order valence-electron chi connectivity index (χ0n) is 8.77. The molecular weight excluding hydrogens is 192 g/mol. The maximum atomic E-state index is 11.0. The zero-order valence-corrected chi connectivity index (χ0v) is 8.77. The molecule has 0 radical (unpaired) electrons. The van der Waals surface area contributed by atoms with Crippen LogP contribution < -0.4 is 11.5 Å². The Morgan fingerprint density at radius 2 is 2.00 bits per heavy atom. The van der Waals surface area contributed by atoms with Gasteiger partial charge in [0, 0.05) is 13.9 Å². The number of nitrogens with zero attached hydrogens (tertiary/aromatic N) is 2. The van der Waals surface area contributed by atoms with Crippen LogP contribution in [0.3, 0.4) is 0 Å². The van der Waals surface area contributed by atoms with Gasteiger partial charge in [-0.15, -0.1) is 0 Å². The summed E-state index contributed by atoms with van der Waals surface area (Å²) in [6, 6.07) is 7.49. The van der Waals surface area contributed by atoms with Gasteiger partial charge < -0.3 is 11.5 Å². The standard InChI is InChI=1S/C9H9N3O.CH5N.H2/c1-12-7-5-3-2-4-6(7)8(11-12)9(10)13;1-2;/h2-5H,1H3,(H2,10,13);2H2,1H3;1H. The number of rotatable bonds is 1. The van der Waals surface area contributed by atoms with Gasteiger partial charge in [-0.3, -0.25) is 9.48 Å². The van der Waals surface area contributed by atoms with E-state index < -0.39 is 5.91 Å². The summed E-state index contributed by atoms with van der Waals surface area (Å²) >= 11 is 0. The van der Waals surface area contributed by atoms with Gasteiger partial charge in [0.25, 0.3) is 5.91 Å². The van der Waals surface area contributed by atoms with Crippen molar-refractivity contribution in [2.45, 2.75) is 0 Å². The highest BCUT2D eigenvalue weighted by molar-refractivity contribution is 6.03. The summed E-state index contributed by atoms with van der Waals surface area (Å²) in [6.45, 7) is 0. The molecule has 2 rings (SSSR count). The van der Waals surface area contributed by atoms with Gasteiger partial charge in [0.2, 0.25) is 0 Å². The van der Waals surface area contributed by atoms with Gasteiger partial charge in [-0.25, -0.2) is 0 Å². The molecule has 0 saturated heterocycles. The number of carbonyl (C=O) groups excluding carboxylic acids is 1. The monoisotopic (exact) mass is 208 g/mol. The highest BCUT2D eigenvalue weighted by atomic mass is 16.1. The van der Waals surface area contributed by atoms with E-state index in [1.165, 1.54) is 7.05 Å². The molecule has 82 valence electrons. The smallest absolute Gasteiger partial charge is 0.269 e. The number of carbonyl (C=O) groups is 1. The molecule has 0 aliphatic heterocycles. The molecule has 0 unspecified atom stereocenters. The first-order valence-electron chi connectivity index (χ1n) is 4.49. The van der Waals surface area contributed by atoms with Crippen LogP contribution in [0.25, 0.3) is 10.9 Å². The van der Waals surface area contributed by atoms with E-state index in [-0.39, 0.29) is 1.43 Å². The number of hydrogen-bond acceptors (Lipinski definition) is 3. The molecule has 0 aliphatic rings. The molecule has 0 bridgehead atoms. The van der Waals surface area contributed by atoms with Crippen molar-refractivity contribution in [3.05, 3.63) is 30.0 Å². The van der Waals surface area contributed by atoms with Gasteiger partial charge >= 0.3 is 0 Å². The Balaban J connectivity index is 0.000000711. The second-order valence-corrected chi connectivity index (χ2v) is 2.85. The van der Waals surface area contributed by atoms with Crippen molar-refractivity contribution in [2.75, 3.05) is 7.05 Å². The molecule has 5 heteroatoms. The van der Waals surface area contributed by atoms with E-state index in [0.29, 0.717) is 5.69 Å². The first-order chi connectivity index (χ1) is 7.20. The van der Waals surface area contributed by atoms with E-state index in [9.17, 15) is 4.79 Å². The van der Waals surface area contributed by atoms with E-state index in [2.05, 4.69) is 10.8 Å². The van der Waals surface area contributed by atoms with Crippen LogP contribution >= 0.6 is 0 Å². The van der Waals surface area contributed by atoms with Gasteiger partial charge in [-0.05, 0) is 13.1 Å². The summed E-state index contributed by atoms with van der Waals surface area (Å²) < 4.78 is 1.65. The second kappa shape index (κ2) is 4.56. The fraction of sp³-hybridized carbons (Fsp3) is 0.200. The van der Waals surface area contributed by atoms with Crippen molar-refractivity contribution in [1.82, 2.24) is 9.78 Å².